The zero-order valence-corrected chi connectivity index (χ0v) is 12.0. The van der Waals surface area contributed by atoms with Crippen LogP contribution in [0.1, 0.15) is 45.2 Å². The van der Waals surface area contributed by atoms with E-state index in [4.69, 9.17) is 0 Å². The molecule has 0 spiro atoms. The van der Waals surface area contributed by atoms with Gasteiger partial charge in [-0.1, -0.05) is 6.92 Å². The molecule has 1 fully saturated rings. The van der Waals surface area contributed by atoms with Crippen molar-refractivity contribution in [3.63, 3.8) is 0 Å². The van der Waals surface area contributed by atoms with Crippen LogP contribution in [0.25, 0.3) is 0 Å². The number of aryl methyl sites for hydroxylation is 2. The molecule has 0 aromatic carbocycles. The lowest BCUT2D eigenvalue weighted by molar-refractivity contribution is 0.248. The number of nitrogens with one attached hydrogen (secondary N) is 1. The summed E-state index contributed by atoms with van der Waals surface area (Å²) in [5.74, 6) is 0. The van der Waals surface area contributed by atoms with E-state index in [1.807, 2.05) is 13.8 Å². The molecule has 1 aliphatic carbocycles. The minimum absolute atomic E-state index is 0.266. The smallest absolute Gasteiger partial charge is 0.244 e. The van der Waals surface area contributed by atoms with E-state index in [9.17, 15) is 8.42 Å². The minimum atomic E-state index is -3.44. The fourth-order valence-corrected chi connectivity index (χ4v) is 3.95. The molecule has 5 nitrogen and oxygen atoms in total. The monoisotopic (exact) mass is 271 g/mol. The highest BCUT2D eigenvalue weighted by atomic mass is 32.2. The van der Waals surface area contributed by atoms with Crippen molar-refractivity contribution in [3.8, 4) is 0 Å². The fraction of sp³-hybridized carbons (Fsp3) is 0.750. The maximum absolute atomic E-state index is 12.3. The van der Waals surface area contributed by atoms with Gasteiger partial charge in [0.15, 0.2) is 0 Å². The van der Waals surface area contributed by atoms with Gasteiger partial charge >= 0.3 is 0 Å². The molecule has 0 unspecified atom stereocenters. The van der Waals surface area contributed by atoms with Crippen LogP contribution in [0.4, 0.5) is 0 Å². The highest BCUT2D eigenvalue weighted by molar-refractivity contribution is 7.89. The predicted molar refractivity (Wildman–Crippen MR) is 69.8 cm³/mol. The Hall–Kier alpha value is -0.880. The van der Waals surface area contributed by atoms with Crippen LogP contribution in [0.2, 0.25) is 0 Å². The second-order valence-corrected chi connectivity index (χ2v) is 7.01. The van der Waals surface area contributed by atoms with Crippen molar-refractivity contribution < 1.29 is 8.42 Å². The van der Waals surface area contributed by atoms with Crippen molar-refractivity contribution in [3.05, 3.63) is 11.9 Å². The number of nitrogens with zero attached hydrogens (tertiary/aromatic N) is 2. The minimum Gasteiger partial charge on any atom is -0.271 e. The quantitative estimate of drug-likeness (QED) is 0.888. The molecule has 6 heteroatoms. The molecule has 2 rings (SSSR count). The zero-order valence-electron chi connectivity index (χ0n) is 11.2. The summed E-state index contributed by atoms with van der Waals surface area (Å²) in [5.41, 5.74) is 0.303. The average Bonchev–Trinajstić information content (AvgIpc) is 2.58. The molecule has 0 bridgehead atoms. The van der Waals surface area contributed by atoms with E-state index in [-0.39, 0.29) is 5.54 Å². The van der Waals surface area contributed by atoms with Gasteiger partial charge in [0.2, 0.25) is 10.0 Å². The summed E-state index contributed by atoms with van der Waals surface area (Å²) >= 11 is 0. The maximum Gasteiger partial charge on any atom is 0.244 e. The number of aromatic nitrogens is 2. The second kappa shape index (κ2) is 4.66. The number of rotatable bonds is 5. The summed E-state index contributed by atoms with van der Waals surface area (Å²) in [6.07, 6.45) is 5.48. The third-order valence-corrected chi connectivity index (χ3v) is 5.22. The normalized spacial score (nSPS) is 18.6. The Balaban J connectivity index is 2.23. The van der Waals surface area contributed by atoms with E-state index in [1.54, 1.807) is 17.8 Å². The molecule has 1 heterocycles. The first-order valence-corrected chi connectivity index (χ1v) is 7.93. The summed E-state index contributed by atoms with van der Waals surface area (Å²) < 4.78 is 29.1. The Bertz CT molecular complexity index is 530. The maximum atomic E-state index is 12.3. The van der Waals surface area contributed by atoms with E-state index in [0.717, 1.165) is 32.2 Å². The fourth-order valence-electron chi connectivity index (χ4n) is 2.30. The SMILES string of the molecule is CCCn1cc(S(=O)(=O)NC2(C)CCC2)c(C)n1. The highest BCUT2D eigenvalue weighted by Gasteiger charge is 2.37. The standard InChI is InChI=1S/C12H21N3O2S/c1-4-8-15-9-11(10(2)13-15)18(16,17)14-12(3)6-5-7-12/h9,14H,4-8H2,1-3H3. The molecule has 0 aliphatic heterocycles. The van der Waals surface area contributed by atoms with Crippen molar-refractivity contribution in [2.24, 2.45) is 0 Å². The molecule has 0 saturated heterocycles. The highest BCUT2D eigenvalue weighted by Crippen LogP contribution is 2.32. The number of sulfonamides is 1. The molecule has 1 N–H and O–H groups in total. The van der Waals surface area contributed by atoms with Gasteiger partial charge in [0.05, 0.1) is 5.69 Å². The predicted octanol–water partition coefficient (Wildman–Crippen LogP) is 1.82. The van der Waals surface area contributed by atoms with Crippen LogP contribution < -0.4 is 4.72 Å². The van der Waals surface area contributed by atoms with Crippen molar-refractivity contribution in [1.29, 1.82) is 0 Å². The van der Waals surface area contributed by atoms with Gasteiger partial charge in [-0.05, 0) is 39.5 Å². The molecule has 102 valence electrons. The number of hydrogen-bond donors (Lipinski definition) is 1. The van der Waals surface area contributed by atoms with E-state index in [1.165, 1.54) is 0 Å². The van der Waals surface area contributed by atoms with Crippen molar-refractivity contribution in [2.75, 3.05) is 0 Å². The third-order valence-electron chi connectivity index (χ3n) is 3.48. The van der Waals surface area contributed by atoms with Crippen LogP contribution in [0.3, 0.4) is 0 Å². The van der Waals surface area contributed by atoms with Gasteiger partial charge in [-0.25, -0.2) is 13.1 Å². The van der Waals surface area contributed by atoms with Gasteiger partial charge in [-0.15, -0.1) is 0 Å². The van der Waals surface area contributed by atoms with Crippen LogP contribution in [-0.2, 0) is 16.6 Å². The molecular formula is C12H21N3O2S. The Labute approximate surface area is 109 Å². The second-order valence-electron chi connectivity index (χ2n) is 5.36. The summed E-state index contributed by atoms with van der Waals surface area (Å²) in [5, 5.41) is 4.24. The van der Waals surface area contributed by atoms with Crippen LogP contribution >= 0.6 is 0 Å². The summed E-state index contributed by atoms with van der Waals surface area (Å²) in [6, 6.07) is 0. The van der Waals surface area contributed by atoms with Crippen LogP contribution in [0.5, 0.6) is 0 Å². The lowest BCUT2D eigenvalue weighted by Gasteiger charge is -2.38. The molecule has 0 radical (unpaired) electrons. The van der Waals surface area contributed by atoms with E-state index < -0.39 is 10.0 Å². The van der Waals surface area contributed by atoms with Crippen molar-refractivity contribution in [2.45, 2.75) is 63.4 Å². The van der Waals surface area contributed by atoms with E-state index >= 15 is 0 Å². The van der Waals surface area contributed by atoms with Gasteiger partial charge in [0, 0.05) is 18.3 Å². The summed E-state index contributed by atoms with van der Waals surface area (Å²) in [7, 11) is -3.44. The molecule has 1 aliphatic rings. The third kappa shape index (κ3) is 2.59. The number of hydrogen-bond acceptors (Lipinski definition) is 3. The van der Waals surface area contributed by atoms with Gasteiger partial charge < -0.3 is 0 Å². The molecule has 18 heavy (non-hydrogen) atoms. The lowest BCUT2D eigenvalue weighted by Crippen LogP contribution is -2.50. The van der Waals surface area contributed by atoms with Gasteiger partial charge in [0.1, 0.15) is 4.90 Å². The molecule has 1 aromatic rings. The Kier molecular flexibility index (Phi) is 3.51. The van der Waals surface area contributed by atoms with Gasteiger partial charge in [-0.3, -0.25) is 4.68 Å². The van der Waals surface area contributed by atoms with Crippen LogP contribution in [0, 0.1) is 6.92 Å². The molecule has 1 aromatic heterocycles. The Morgan fingerprint density at radius 3 is 2.67 bits per heavy atom. The topological polar surface area (TPSA) is 64.0 Å². The summed E-state index contributed by atoms with van der Waals surface area (Å²) in [6.45, 7) is 6.48. The van der Waals surface area contributed by atoms with Crippen molar-refractivity contribution >= 4 is 10.0 Å². The van der Waals surface area contributed by atoms with E-state index in [2.05, 4.69) is 9.82 Å². The molecule has 0 amide bonds. The first-order valence-electron chi connectivity index (χ1n) is 6.44. The zero-order chi connectivity index (χ0) is 13.4. The molecular weight excluding hydrogens is 250 g/mol. The van der Waals surface area contributed by atoms with Crippen molar-refractivity contribution in [1.82, 2.24) is 14.5 Å². The Morgan fingerprint density at radius 1 is 1.50 bits per heavy atom. The first-order chi connectivity index (χ1) is 8.36. The van der Waals surface area contributed by atoms with Crippen LogP contribution in [0.15, 0.2) is 11.1 Å². The molecule has 0 atom stereocenters. The van der Waals surface area contributed by atoms with Crippen LogP contribution in [-0.4, -0.2) is 23.7 Å². The lowest BCUT2D eigenvalue weighted by atomic mass is 9.80. The Morgan fingerprint density at radius 2 is 2.17 bits per heavy atom. The van der Waals surface area contributed by atoms with Gasteiger partial charge in [-0.2, -0.15) is 5.10 Å². The van der Waals surface area contributed by atoms with E-state index in [0.29, 0.717) is 10.6 Å². The average molecular weight is 271 g/mol. The first kappa shape index (κ1) is 13.5. The largest absolute Gasteiger partial charge is 0.271 e. The summed E-state index contributed by atoms with van der Waals surface area (Å²) in [4.78, 5) is 0.309. The van der Waals surface area contributed by atoms with Gasteiger partial charge in [0.25, 0.3) is 0 Å². The molecule has 1 saturated carbocycles.